The van der Waals surface area contributed by atoms with E-state index in [4.69, 9.17) is 5.26 Å². The van der Waals surface area contributed by atoms with Crippen LogP contribution in [0.1, 0.15) is 21.6 Å². The first-order chi connectivity index (χ1) is 11.7. The molecular formula is C18H12FN3OS. The van der Waals surface area contributed by atoms with Crippen LogP contribution >= 0.6 is 11.9 Å². The highest BCUT2D eigenvalue weighted by Crippen LogP contribution is 2.25. The van der Waals surface area contributed by atoms with Crippen molar-refractivity contribution in [3.05, 3.63) is 83.4 Å². The van der Waals surface area contributed by atoms with Crippen molar-refractivity contribution in [2.45, 2.75) is 4.90 Å². The number of hydrogen-bond acceptors (Lipinski definition) is 4. The Bertz CT molecular complexity index is 916. The second kappa shape index (κ2) is 7.02. The van der Waals surface area contributed by atoms with Crippen molar-refractivity contribution >= 4 is 23.4 Å². The number of nitriles is 1. The topological polar surface area (TPSA) is 68.7 Å². The van der Waals surface area contributed by atoms with Crippen LogP contribution in [0.2, 0.25) is 0 Å². The molecule has 0 radical (unpaired) electrons. The number of aromatic amines is 1. The molecule has 1 aromatic heterocycles. The van der Waals surface area contributed by atoms with Crippen molar-refractivity contribution in [3.8, 4) is 6.07 Å². The maximum atomic E-state index is 13.8. The van der Waals surface area contributed by atoms with E-state index in [1.807, 2.05) is 12.1 Å². The first-order valence-corrected chi connectivity index (χ1v) is 7.89. The molecule has 0 atom stereocenters. The van der Waals surface area contributed by atoms with Crippen molar-refractivity contribution in [1.82, 2.24) is 4.98 Å². The van der Waals surface area contributed by atoms with Gasteiger partial charge in [0.2, 0.25) is 5.78 Å². The largest absolute Gasteiger partial charge is 0.357 e. The van der Waals surface area contributed by atoms with E-state index >= 15 is 0 Å². The molecule has 3 rings (SSSR count). The number of aromatic nitrogens is 1. The van der Waals surface area contributed by atoms with Crippen LogP contribution in [0.3, 0.4) is 0 Å². The molecule has 2 N–H and O–H groups in total. The zero-order chi connectivity index (χ0) is 16.9. The third-order valence-corrected chi connectivity index (χ3v) is 4.11. The molecule has 0 saturated heterocycles. The van der Waals surface area contributed by atoms with E-state index in [0.29, 0.717) is 11.3 Å². The number of carbonyl (C=O) groups excluding carboxylic acids is 1. The Balaban J connectivity index is 1.69. The zero-order valence-corrected chi connectivity index (χ0v) is 13.2. The molecule has 0 unspecified atom stereocenters. The highest BCUT2D eigenvalue weighted by Gasteiger charge is 2.11. The summed E-state index contributed by atoms with van der Waals surface area (Å²) >= 11 is 1.18. The predicted octanol–water partition coefficient (Wildman–Crippen LogP) is 4.38. The summed E-state index contributed by atoms with van der Waals surface area (Å²) in [4.78, 5) is 16.0. The molecule has 24 heavy (non-hydrogen) atoms. The number of benzene rings is 2. The molecule has 0 bridgehead atoms. The van der Waals surface area contributed by atoms with Crippen molar-refractivity contribution < 1.29 is 9.18 Å². The summed E-state index contributed by atoms with van der Waals surface area (Å²) in [6.45, 7) is 0. The van der Waals surface area contributed by atoms with Crippen LogP contribution in [-0.4, -0.2) is 10.8 Å². The predicted molar refractivity (Wildman–Crippen MR) is 91.3 cm³/mol. The van der Waals surface area contributed by atoms with Gasteiger partial charge in [-0.25, -0.2) is 4.39 Å². The van der Waals surface area contributed by atoms with E-state index in [1.165, 1.54) is 30.1 Å². The van der Waals surface area contributed by atoms with Gasteiger partial charge < -0.3 is 9.71 Å². The van der Waals surface area contributed by atoms with Gasteiger partial charge in [-0.05, 0) is 36.2 Å². The van der Waals surface area contributed by atoms with Crippen molar-refractivity contribution in [2.75, 3.05) is 4.72 Å². The summed E-state index contributed by atoms with van der Waals surface area (Å²) in [6, 6.07) is 16.8. The van der Waals surface area contributed by atoms with Crippen molar-refractivity contribution in [2.24, 2.45) is 0 Å². The number of nitrogens with one attached hydrogen (secondary N) is 2. The average molecular weight is 337 g/mol. The lowest BCUT2D eigenvalue weighted by Crippen LogP contribution is -2.00. The molecule has 118 valence electrons. The molecule has 0 spiro atoms. The van der Waals surface area contributed by atoms with E-state index in [1.54, 1.807) is 36.5 Å². The number of H-pyrrole nitrogens is 1. The Hall–Kier alpha value is -3.04. The summed E-state index contributed by atoms with van der Waals surface area (Å²) < 4.78 is 16.7. The number of halogens is 1. The summed E-state index contributed by atoms with van der Waals surface area (Å²) in [5, 5.41) is 8.73. The van der Waals surface area contributed by atoms with Crippen LogP contribution in [0, 0.1) is 17.1 Å². The second-order valence-corrected chi connectivity index (χ2v) is 5.83. The Morgan fingerprint density at radius 3 is 2.67 bits per heavy atom. The quantitative estimate of drug-likeness (QED) is 0.536. The molecule has 0 amide bonds. The molecule has 6 heteroatoms. The Morgan fingerprint density at radius 1 is 1.17 bits per heavy atom. The molecule has 0 aliphatic heterocycles. The summed E-state index contributed by atoms with van der Waals surface area (Å²) in [5.74, 6) is -0.607. The Labute approximate surface area is 142 Å². The van der Waals surface area contributed by atoms with Gasteiger partial charge >= 0.3 is 0 Å². The van der Waals surface area contributed by atoms with Crippen LogP contribution in [0.25, 0.3) is 0 Å². The van der Waals surface area contributed by atoms with Crippen LogP contribution in [0.5, 0.6) is 0 Å². The van der Waals surface area contributed by atoms with Gasteiger partial charge in [-0.15, -0.1) is 0 Å². The van der Waals surface area contributed by atoms with Crippen molar-refractivity contribution in [1.29, 1.82) is 5.26 Å². The van der Waals surface area contributed by atoms with Gasteiger partial charge in [0.1, 0.15) is 5.82 Å². The average Bonchev–Trinajstić information content (AvgIpc) is 3.09. The molecule has 0 aliphatic carbocycles. The third-order valence-electron chi connectivity index (χ3n) is 3.31. The van der Waals surface area contributed by atoms with Gasteiger partial charge in [-0.2, -0.15) is 5.26 Å². The number of ketones is 1. The normalized spacial score (nSPS) is 10.2. The van der Waals surface area contributed by atoms with E-state index in [0.717, 1.165) is 4.90 Å². The number of anilines is 1. The zero-order valence-electron chi connectivity index (χ0n) is 12.4. The van der Waals surface area contributed by atoms with Gasteiger partial charge in [-0.3, -0.25) is 4.79 Å². The molecule has 0 fully saturated rings. The van der Waals surface area contributed by atoms with Crippen LogP contribution in [0.15, 0.2) is 65.7 Å². The number of nitrogens with zero attached hydrogens (tertiary/aromatic N) is 1. The minimum absolute atomic E-state index is 0.105. The minimum Gasteiger partial charge on any atom is -0.357 e. The van der Waals surface area contributed by atoms with E-state index in [2.05, 4.69) is 9.71 Å². The molecule has 1 heterocycles. The fraction of sp³-hybridized carbons (Fsp3) is 0. The molecule has 0 saturated carbocycles. The van der Waals surface area contributed by atoms with Gasteiger partial charge in [0.15, 0.2) is 0 Å². The summed E-state index contributed by atoms with van der Waals surface area (Å²) in [5.41, 5.74) is 1.60. The highest BCUT2D eigenvalue weighted by molar-refractivity contribution is 8.00. The lowest BCUT2D eigenvalue weighted by atomic mass is 10.1. The number of carbonyl (C=O) groups is 1. The minimum atomic E-state index is -0.502. The fourth-order valence-electron chi connectivity index (χ4n) is 2.09. The van der Waals surface area contributed by atoms with Gasteiger partial charge in [0.25, 0.3) is 0 Å². The smallest absolute Gasteiger partial charge is 0.209 e. The standard InChI is InChI=1S/C18H12FN3OS/c19-15-8-12(10-20)6-7-16(15)22-24-14-9-17(21-11-14)18(23)13-4-2-1-3-5-13/h1-9,11,21-22H. The van der Waals surface area contributed by atoms with Crippen LogP contribution < -0.4 is 4.72 Å². The molecular weight excluding hydrogens is 325 g/mol. The maximum Gasteiger partial charge on any atom is 0.209 e. The summed E-state index contributed by atoms with van der Waals surface area (Å²) in [7, 11) is 0. The Morgan fingerprint density at radius 2 is 1.96 bits per heavy atom. The summed E-state index contributed by atoms with van der Waals surface area (Å²) in [6.07, 6.45) is 1.68. The number of rotatable bonds is 5. The monoisotopic (exact) mass is 337 g/mol. The van der Waals surface area contributed by atoms with Gasteiger partial charge in [-0.1, -0.05) is 30.3 Å². The maximum absolute atomic E-state index is 13.8. The molecule has 2 aromatic carbocycles. The second-order valence-electron chi connectivity index (χ2n) is 4.95. The highest BCUT2D eigenvalue weighted by atomic mass is 32.2. The lowest BCUT2D eigenvalue weighted by molar-refractivity contribution is 0.103. The van der Waals surface area contributed by atoms with E-state index in [9.17, 15) is 9.18 Å². The van der Waals surface area contributed by atoms with Gasteiger partial charge in [0, 0.05) is 16.7 Å². The van der Waals surface area contributed by atoms with Crippen molar-refractivity contribution in [3.63, 3.8) is 0 Å². The lowest BCUT2D eigenvalue weighted by Gasteiger charge is -2.05. The fourth-order valence-corrected chi connectivity index (χ4v) is 2.78. The SMILES string of the molecule is N#Cc1ccc(NSc2c[nH]c(C(=O)c3ccccc3)c2)c(F)c1. The molecule has 0 aliphatic rings. The van der Waals surface area contributed by atoms with Crippen LogP contribution in [0.4, 0.5) is 10.1 Å². The third kappa shape index (κ3) is 3.47. The van der Waals surface area contributed by atoms with Crippen LogP contribution in [-0.2, 0) is 0 Å². The van der Waals surface area contributed by atoms with E-state index in [-0.39, 0.29) is 17.0 Å². The first kappa shape index (κ1) is 15.8. The van der Waals surface area contributed by atoms with Gasteiger partial charge in [0.05, 0.1) is 23.0 Å². The van der Waals surface area contributed by atoms with E-state index < -0.39 is 5.82 Å². The number of hydrogen-bond donors (Lipinski definition) is 2. The molecule has 4 nitrogen and oxygen atoms in total. The molecule has 3 aromatic rings. The first-order valence-electron chi connectivity index (χ1n) is 7.08. The Kier molecular flexibility index (Phi) is 4.64.